The molecule has 1 aliphatic heterocycles. The summed E-state index contributed by atoms with van der Waals surface area (Å²) in [5.74, 6) is 0.701. The summed E-state index contributed by atoms with van der Waals surface area (Å²) in [5.41, 5.74) is 3.87. The van der Waals surface area contributed by atoms with E-state index in [2.05, 4.69) is 35.9 Å². The molecule has 9 heteroatoms. The number of aromatic nitrogens is 2. The number of hydrogen-bond acceptors (Lipinski definition) is 7. The van der Waals surface area contributed by atoms with E-state index in [1.165, 1.54) is 33.6 Å². The molecule has 0 bridgehead atoms. The van der Waals surface area contributed by atoms with Crippen LogP contribution in [0.5, 0.6) is 5.75 Å². The first-order valence-corrected chi connectivity index (χ1v) is 13.8. The second-order valence-corrected chi connectivity index (χ2v) is 11.6. The SMILES string of the molecule is CC1Oc2ccc(C(=O)C(C)Sc3nc4scc(-c5ccc(C(C)C)cc5)c4c(=O)[nH]3)cc2N(C)C1=O. The molecule has 7 nitrogen and oxygen atoms in total. The van der Waals surface area contributed by atoms with Crippen LogP contribution in [0.3, 0.4) is 0 Å². The number of benzene rings is 2. The predicted molar refractivity (Wildman–Crippen MR) is 149 cm³/mol. The van der Waals surface area contributed by atoms with Gasteiger partial charge >= 0.3 is 0 Å². The van der Waals surface area contributed by atoms with Gasteiger partial charge in [-0.3, -0.25) is 14.4 Å². The zero-order valence-electron chi connectivity index (χ0n) is 21.2. The standard InChI is InChI=1S/C28H27N3O4S2/c1-14(2)17-6-8-18(9-7-17)20-13-36-26-23(20)25(33)29-28(30-26)37-16(4)24(32)19-10-11-22-21(12-19)31(5)27(34)15(3)35-22/h6-16H,1-5H3,(H,29,30,33). The van der Waals surface area contributed by atoms with Crippen LogP contribution in [0.4, 0.5) is 5.69 Å². The lowest BCUT2D eigenvalue weighted by Crippen LogP contribution is -2.42. The average Bonchev–Trinajstić information content (AvgIpc) is 3.31. The minimum Gasteiger partial charge on any atom is -0.479 e. The highest BCUT2D eigenvalue weighted by Gasteiger charge is 2.30. The fourth-order valence-corrected chi connectivity index (χ4v) is 6.24. The number of likely N-dealkylation sites (N-methyl/N-ethyl adjacent to an activating group) is 1. The summed E-state index contributed by atoms with van der Waals surface area (Å²) in [7, 11) is 1.67. The van der Waals surface area contributed by atoms with Crippen molar-refractivity contribution in [3.05, 3.63) is 69.3 Å². The molecule has 5 rings (SSSR count). The van der Waals surface area contributed by atoms with E-state index in [-0.39, 0.29) is 17.2 Å². The van der Waals surface area contributed by atoms with Crippen LogP contribution in [-0.2, 0) is 4.79 Å². The van der Waals surface area contributed by atoms with Crippen LogP contribution < -0.4 is 15.2 Å². The van der Waals surface area contributed by atoms with Crippen LogP contribution in [0.25, 0.3) is 21.3 Å². The van der Waals surface area contributed by atoms with E-state index < -0.39 is 11.4 Å². The van der Waals surface area contributed by atoms with Gasteiger partial charge in [-0.2, -0.15) is 0 Å². The van der Waals surface area contributed by atoms with Crippen molar-refractivity contribution in [2.24, 2.45) is 0 Å². The van der Waals surface area contributed by atoms with Crippen molar-refractivity contribution in [2.75, 3.05) is 11.9 Å². The van der Waals surface area contributed by atoms with Crippen LogP contribution in [0.1, 0.15) is 49.5 Å². The molecule has 4 aromatic rings. The van der Waals surface area contributed by atoms with Crippen molar-refractivity contribution in [1.29, 1.82) is 0 Å². The maximum atomic E-state index is 13.2. The quantitative estimate of drug-likeness (QED) is 0.189. The minimum absolute atomic E-state index is 0.132. The molecule has 3 heterocycles. The highest BCUT2D eigenvalue weighted by molar-refractivity contribution is 8.00. The van der Waals surface area contributed by atoms with Crippen molar-refractivity contribution in [3.8, 4) is 16.9 Å². The normalized spacial score (nSPS) is 16.1. The molecule has 2 unspecified atom stereocenters. The molecule has 0 fully saturated rings. The van der Waals surface area contributed by atoms with Crippen molar-refractivity contribution in [3.63, 3.8) is 0 Å². The summed E-state index contributed by atoms with van der Waals surface area (Å²) in [6.07, 6.45) is -0.566. The molecule has 0 saturated carbocycles. The summed E-state index contributed by atoms with van der Waals surface area (Å²) in [5, 5.41) is 2.39. The largest absolute Gasteiger partial charge is 0.479 e. The molecule has 1 aliphatic rings. The number of fused-ring (bicyclic) bond motifs is 2. The lowest BCUT2D eigenvalue weighted by molar-refractivity contribution is -0.125. The van der Waals surface area contributed by atoms with Gasteiger partial charge in [-0.15, -0.1) is 11.3 Å². The number of ether oxygens (including phenoxy) is 1. The smallest absolute Gasteiger partial charge is 0.267 e. The highest BCUT2D eigenvalue weighted by atomic mass is 32.2. The monoisotopic (exact) mass is 533 g/mol. The van der Waals surface area contributed by atoms with Crippen LogP contribution in [0, 0.1) is 0 Å². The van der Waals surface area contributed by atoms with Crippen LogP contribution in [-0.4, -0.2) is 40.1 Å². The third-order valence-electron chi connectivity index (χ3n) is 6.56. The number of carbonyl (C=O) groups excluding carboxylic acids is 2. The van der Waals surface area contributed by atoms with E-state index in [0.29, 0.717) is 38.3 Å². The number of nitrogens with zero attached hydrogens (tertiary/aromatic N) is 2. The second kappa shape index (κ2) is 9.79. The Bertz CT molecular complexity index is 1570. The minimum atomic E-state index is -0.566. The summed E-state index contributed by atoms with van der Waals surface area (Å²) >= 11 is 2.62. The second-order valence-electron chi connectivity index (χ2n) is 9.44. The number of nitrogens with one attached hydrogen (secondary N) is 1. The molecular formula is C28H27N3O4S2. The van der Waals surface area contributed by atoms with Gasteiger partial charge < -0.3 is 14.6 Å². The van der Waals surface area contributed by atoms with Gasteiger partial charge in [0.05, 0.1) is 16.3 Å². The fourth-order valence-electron chi connectivity index (χ4n) is 4.37. The number of amides is 1. The molecule has 1 N–H and O–H groups in total. The number of thiophene rings is 1. The van der Waals surface area contributed by atoms with Gasteiger partial charge in [0, 0.05) is 23.6 Å². The molecule has 0 aliphatic carbocycles. The first-order valence-electron chi connectivity index (χ1n) is 12.0. The van der Waals surface area contributed by atoms with Gasteiger partial charge in [0.2, 0.25) is 0 Å². The van der Waals surface area contributed by atoms with E-state index in [0.717, 1.165) is 11.1 Å². The zero-order chi connectivity index (χ0) is 26.4. The molecule has 37 heavy (non-hydrogen) atoms. The lowest BCUT2D eigenvalue weighted by Gasteiger charge is -2.30. The van der Waals surface area contributed by atoms with Crippen LogP contribution in [0.15, 0.2) is 57.8 Å². The number of Topliss-reactive ketones (excluding diaryl/α,β-unsaturated/α-hetero) is 1. The Morgan fingerprint density at radius 2 is 1.86 bits per heavy atom. The Morgan fingerprint density at radius 3 is 2.57 bits per heavy atom. The zero-order valence-corrected chi connectivity index (χ0v) is 22.8. The Balaban J connectivity index is 1.38. The fraction of sp³-hybridized carbons (Fsp3) is 0.286. The van der Waals surface area contributed by atoms with Gasteiger partial charge in [0.25, 0.3) is 11.5 Å². The summed E-state index contributed by atoms with van der Waals surface area (Å²) in [6.45, 7) is 7.77. The summed E-state index contributed by atoms with van der Waals surface area (Å²) < 4.78 is 5.65. The maximum absolute atomic E-state index is 13.2. The number of anilines is 1. The molecule has 2 atom stereocenters. The van der Waals surface area contributed by atoms with E-state index in [4.69, 9.17) is 4.74 Å². The lowest BCUT2D eigenvalue weighted by atomic mass is 9.99. The van der Waals surface area contributed by atoms with Crippen molar-refractivity contribution in [1.82, 2.24) is 9.97 Å². The van der Waals surface area contributed by atoms with Crippen molar-refractivity contribution >= 4 is 50.7 Å². The number of H-pyrrole nitrogens is 1. The number of aromatic amines is 1. The Morgan fingerprint density at radius 1 is 1.14 bits per heavy atom. The highest BCUT2D eigenvalue weighted by Crippen LogP contribution is 2.36. The van der Waals surface area contributed by atoms with Crippen LogP contribution in [0.2, 0.25) is 0 Å². The average molecular weight is 534 g/mol. The van der Waals surface area contributed by atoms with Crippen molar-refractivity contribution < 1.29 is 14.3 Å². The van der Waals surface area contributed by atoms with Gasteiger partial charge in [0.15, 0.2) is 17.0 Å². The maximum Gasteiger partial charge on any atom is 0.267 e. The molecule has 0 saturated heterocycles. The number of ketones is 1. The Kier molecular flexibility index (Phi) is 6.68. The molecule has 2 aromatic carbocycles. The van der Waals surface area contributed by atoms with Gasteiger partial charge in [0.1, 0.15) is 10.6 Å². The van der Waals surface area contributed by atoms with E-state index >= 15 is 0 Å². The topological polar surface area (TPSA) is 92.4 Å². The predicted octanol–water partition coefficient (Wildman–Crippen LogP) is 5.88. The number of carbonyl (C=O) groups is 2. The van der Waals surface area contributed by atoms with E-state index in [9.17, 15) is 14.4 Å². The summed E-state index contributed by atoms with van der Waals surface area (Å²) in [4.78, 5) is 48.2. The van der Waals surface area contributed by atoms with E-state index in [1.54, 1.807) is 39.1 Å². The van der Waals surface area contributed by atoms with Crippen molar-refractivity contribution in [2.45, 2.75) is 50.1 Å². The third kappa shape index (κ3) is 4.69. The molecule has 2 aromatic heterocycles. The molecular weight excluding hydrogens is 506 g/mol. The molecule has 190 valence electrons. The number of hydrogen-bond donors (Lipinski definition) is 1. The number of rotatable bonds is 6. The van der Waals surface area contributed by atoms with E-state index in [1.807, 2.05) is 17.5 Å². The molecule has 0 spiro atoms. The molecule has 0 radical (unpaired) electrons. The van der Waals surface area contributed by atoms with Gasteiger partial charge in [-0.05, 0) is 49.1 Å². The van der Waals surface area contributed by atoms with Crippen LogP contribution >= 0.6 is 23.1 Å². The summed E-state index contributed by atoms with van der Waals surface area (Å²) in [6, 6.07) is 13.3. The first-order chi connectivity index (χ1) is 17.6. The first kappa shape index (κ1) is 25.2. The molecule has 1 amide bonds. The third-order valence-corrected chi connectivity index (χ3v) is 8.41. The van der Waals surface area contributed by atoms with Gasteiger partial charge in [-0.25, -0.2) is 4.98 Å². The van der Waals surface area contributed by atoms with Gasteiger partial charge in [-0.1, -0.05) is 49.9 Å². The Labute approximate surface area is 222 Å². The number of thioether (sulfide) groups is 1. The Hall–Kier alpha value is -3.43.